The first-order valence-corrected chi connectivity index (χ1v) is 6.56. The summed E-state index contributed by atoms with van der Waals surface area (Å²) in [5.74, 6) is -0.580. The number of hydrogen-bond donors (Lipinski definition) is 1. The smallest absolute Gasteiger partial charge is 0.387 e. The summed E-state index contributed by atoms with van der Waals surface area (Å²) in [6.45, 7) is -1.39. The SMILES string of the molecule is C/C=C(\C#N)C(=O)c1cccc(OC(F)F)c(Br)cc[nH]1. The molecular weight excluding hydrogens is 346 g/mol. The van der Waals surface area contributed by atoms with Crippen LogP contribution < -0.4 is 4.74 Å². The summed E-state index contributed by atoms with van der Waals surface area (Å²) < 4.78 is 29.1. The lowest BCUT2D eigenvalue weighted by molar-refractivity contribution is -0.0503. The molecule has 0 spiro atoms. The van der Waals surface area contributed by atoms with Crippen LogP contribution in [0.3, 0.4) is 0 Å². The second-order valence-corrected chi connectivity index (χ2v) is 4.51. The third-order valence-corrected chi connectivity index (χ3v) is 2.98. The fraction of sp³-hybridized carbons (Fsp3) is 0.143. The van der Waals surface area contributed by atoms with E-state index < -0.39 is 12.4 Å². The van der Waals surface area contributed by atoms with Crippen LogP contribution in [0.25, 0.3) is 0 Å². The lowest BCUT2D eigenvalue weighted by Gasteiger charge is -2.03. The summed E-state index contributed by atoms with van der Waals surface area (Å²) in [4.78, 5) is 14.7. The standard InChI is InChI=1S/C14H11BrF2N2O2/c1-2-9(8-18)13(20)11-4-3-5-12(21-14(16)17)10(15)6-7-19-11/h2-7,14,19H,1H3/b5-3?,7-6?,9-2+,11-4?,12-10?. The molecule has 7 heteroatoms. The molecule has 0 saturated carbocycles. The number of nitrogens with one attached hydrogen (secondary N) is 1. The highest BCUT2D eigenvalue weighted by atomic mass is 79.9. The minimum Gasteiger partial charge on any atom is -0.434 e. The van der Waals surface area contributed by atoms with Crippen molar-refractivity contribution >= 4 is 21.7 Å². The first-order valence-electron chi connectivity index (χ1n) is 5.76. The summed E-state index contributed by atoms with van der Waals surface area (Å²) >= 11 is 3.09. The highest BCUT2D eigenvalue weighted by Gasteiger charge is 2.10. The molecule has 0 aromatic carbocycles. The fourth-order valence-corrected chi connectivity index (χ4v) is 1.73. The highest BCUT2D eigenvalue weighted by molar-refractivity contribution is 9.10. The Morgan fingerprint density at radius 1 is 1.48 bits per heavy atom. The second-order valence-electron chi connectivity index (χ2n) is 3.65. The maximum Gasteiger partial charge on any atom is 0.387 e. The number of halogens is 3. The summed E-state index contributed by atoms with van der Waals surface area (Å²) in [7, 11) is 0. The molecular formula is C14H11BrF2N2O2. The van der Waals surface area contributed by atoms with Crippen LogP contribution in [0.1, 0.15) is 17.4 Å². The number of nitrogens with zero attached hydrogens (tertiary/aromatic N) is 1. The molecule has 21 heavy (non-hydrogen) atoms. The van der Waals surface area contributed by atoms with Gasteiger partial charge in [-0.2, -0.15) is 14.0 Å². The number of carbonyl (C=O) groups excluding carboxylic acids is 1. The summed E-state index contributed by atoms with van der Waals surface area (Å²) in [6.07, 6.45) is 2.77. The van der Waals surface area contributed by atoms with Crippen LogP contribution in [0.15, 0.2) is 46.6 Å². The van der Waals surface area contributed by atoms with Crippen LogP contribution in [0.5, 0.6) is 5.75 Å². The molecule has 0 bridgehead atoms. The van der Waals surface area contributed by atoms with Gasteiger partial charge in [0.2, 0.25) is 5.78 Å². The number of Topliss-reactive ketones (excluding diaryl/α,β-unsaturated/α-hetero) is 1. The van der Waals surface area contributed by atoms with Crippen molar-refractivity contribution < 1.29 is 18.3 Å². The number of ketones is 1. The molecule has 110 valence electrons. The number of aromatic amines is 1. The Bertz CT molecular complexity index is 647. The summed E-state index contributed by atoms with van der Waals surface area (Å²) in [5.41, 5.74) is 0.113. The molecule has 0 unspecified atom stereocenters. The van der Waals surface area contributed by atoms with E-state index in [0.717, 1.165) is 0 Å². The van der Waals surface area contributed by atoms with Gasteiger partial charge >= 0.3 is 6.61 Å². The van der Waals surface area contributed by atoms with Crippen LogP contribution in [0.4, 0.5) is 8.78 Å². The molecule has 1 rings (SSSR count). The molecule has 1 aromatic heterocycles. The van der Waals surface area contributed by atoms with Crippen LogP contribution in [0.2, 0.25) is 0 Å². The normalized spacial score (nSPS) is 10.8. The zero-order valence-corrected chi connectivity index (χ0v) is 12.5. The summed E-state index contributed by atoms with van der Waals surface area (Å²) in [5, 5.41) is 8.84. The third-order valence-electron chi connectivity index (χ3n) is 2.33. The van der Waals surface area contributed by atoms with Crippen LogP contribution in [-0.4, -0.2) is 17.4 Å². The zero-order chi connectivity index (χ0) is 15.8. The van der Waals surface area contributed by atoms with Gasteiger partial charge in [-0.1, -0.05) is 12.1 Å². The maximum atomic E-state index is 12.3. The van der Waals surface area contributed by atoms with Crippen LogP contribution >= 0.6 is 15.9 Å². The largest absolute Gasteiger partial charge is 0.434 e. The van der Waals surface area contributed by atoms with Crippen molar-refractivity contribution in [3.05, 3.63) is 52.3 Å². The van der Waals surface area contributed by atoms with Crippen molar-refractivity contribution in [2.75, 3.05) is 0 Å². The Hall–Kier alpha value is -2.20. The van der Waals surface area contributed by atoms with E-state index >= 15 is 0 Å². The predicted octanol–water partition coefficient (Wildman–Crippen LogP) is 4.16. The molecule has 0 atom stereocenters. The average molecular weight is 357 g/mol. The van der Waals surface area contributed by atoms with E-state index in [4.69, 9.17) is 5.26 Å². The lowest BCUT2D eigenvalue weighted by atomic mass is 10.1. The predicted molar refractivity (Wildman–Crippen MR) is 76.5 cm³/mol. The van der Waals surface area contributed by atoms with Gasteiger partial charge in [-0.3, -0.25) is 4.79 Å². The monoisotopic (exact) mass is 356 g/mol. The quantitative estimate of drug-likeness (QED) is 0.500. The maximum absolute atomic E-state index is 12.3. The molecule has 0 aliphatic carbocycles. The lowest BCUT2D eigenvalue weighted by Crippen LogP contribution is -2.02. The minimum atomic E-state index is -2.96. The minimum absolute atomic E-state index is 0.0223. The van der Waals surface area contributed by atoms with Crippen molar-refractivity contribution in [2.24, 2.45) is 0 Å². The first kappa shape index (κ1) is 16.9. The fourth-order valence-electron chi connectivity index (χ4n) is 1.37. The Labute approximate surface area is 128 Å². The van der Waals surface area contributed by atoms with Crippen molar-refractivity contribution in [3.63, 3.8) is 0 Å². The van der Waals surface area contributed by atoms with E-state index in [1.54, 1.807) is 13.0 Å². The molecule has 4 nitrogen and oxygen atoms in total. The van der Waals surface area contributed by atoms with E-state index in [1.807, 2.05) is 0 Å². The zero-order valence-electron chi connectivity index (χ0n) is 10.9. The Morgan fingerprint density at radius 2 is 2.19 bits per heavy atom. The van der Waals surface area contributed by atoms with Gasteiger partial charge in [-0.25, -0.2) is 0 Å². The van der Waals surface area contributed by atoms with Gasteiger partial charge < -0.3 is 9.72 Å². The van der Waals surface area contributed by atoms with E-state index in [9.17, 15) is 13.6 Å². The third kappa shape index (κ3) is 5.00. The van der Waals surface area contributed by atoms with Crippen molar-refractivity contribution in [3.8, 4) is 11.8 Å². The molecule has 0 radical (unpaired) electrons. The number of hydrogen-bond acceptors (Lipinski definition) is 3. The van der Waals surface area contributed by atoms with Gasteiger partial charge in [-0.15, -0.1) is 0 Å². The Morgan fingerprint density at radius 3 is 2.76 bits per heavy atom. The van der Waals surface area contributed by atoms with Crippen molar-refractivity contribution in [1.82, 2.24) is 4.98 Å². The van der Waals surface area contributed by atoms with E-state index in [2.05, 4.69) is 25.7 Å². The molecule has 1 N–H and O–H groups in total. The topological polar surface area (TPSA) is 65.9 Å². The van der Waals surface area contributed by atoms with Gasteiger partial charge in [0.25, 0.3) is 0 Å². The second kappa shape index (κ2) is 8.17. The molecule has 1 heterocycles. The molecule has 0 fully saturated rings. The molecule has 0 saturated heterocycles. The average Bonchev–Trinajstić information content (AvgIpc) is 2.52. The van der Waals surface area contributed by atoms with E-state index in [0.29, 0.717) is 0 Å². The number of aromatic nitrogens is 1. The summed E-state index contributed by atoms with van der Waals surface area (Å²) in [6, 6.07) is 7.22. The van der Waals surface area contributed by atoms with Gasteiger partial charge in [0, 0.05) is 6.20 Å². The number of ether oxygens (including phenoxy) is 1. The first-order chi connectivity index (χ1) is 9.99. The Balaban J connectivity index is 3.30. The molecule has 0 amide bonds. The van der Waals surface area contributed by atoms with Gasteiger partial charge in [0.15, 0.2) is 0 Å². The van der Waals surface area contributed by atoms with E-state index in [1.165, 1.54) is 36.5 Å². The Kier molecular flexibility index (Phi) is 6.56. The van der Waals surface area contributed by atoms with E-state index in [-0.39, 0.29) is 21.5 Å². The molecule has 0 aliphatic rings. The van der Waals surface area contributed by atoms with Gasteiger partial charge in [-0.05, 0) is 41.1 Å². The molecule has 0 aliphatic heterocycles. The number of H-pyrrole nitrogens is 1. The van der Waals surface area contributed by atoms with Crippen molar-refractivity contribution in [2.45, 2.75) is 13.5 Å². The molecule has 1 aromatic rings. The van der Waals surface area contributed by atoms with Gasteiger partial charge in [0.1, 0.15) is 11.8 Å². The van der Waals surface area contributed by atoms with Crippen molar-refractivity contribution in [1.29, 1.82) is 5.26 Å². The van der Waals surface area contributed by atoms with Crippen LogP contribution in [-0.2, 0) is 0 Å². The van der Waals surface area contributed by atoms with Gasteiger partial charge in [0.05, 0.1) is 15.7 Å². The number of nitriles is 1. The number of carbonyl (C=O) groups is 1. The number of rotatable bonds is 4. The van der Waals surface area contributed by atoms with Crippen LogP contribution in [0, 0.1) is 11.3 Å². The number of allylic oxidation sites excluding steroid dienone is 2. The highest BCUT2D eigenvalue weighted by Crippen LogP contribution is 2.23. The number of alkyl halides is 2.